The predicted octanol–water partition coefficient (Wildman–Crippen LogP) is 6.62. The van der Waals surface area contributed by atoms with Crippen molar-refractivity contribution in [3.05, 3.63) is 36.5 Å². The van der Waals surface area contributed by atoms with Crippen molar-refractivity contribution in [1.29, 1.82) is 0 Å². The second kappa shape index (κ2) is 12.7. The van der Waals surface area contributed by atoms with E-state index in [2.05, 4.69) is 48.0 Å². The largest absolute Gasteiger partial charge is 2.00 e. The maximum absolute atomic E-state index is 11.1. The molecule has 0 radical (unpaired) electrons. The van der Waals surface area contributed by atoms with Gasteiger partial charge in [-0.05, 0) is 71.7 Å². The molecule has 13 heteroatoms. The van der Waals surface area contributed by atoms with Gasteiger partial charge in [0.2, 0.25) is 0 Å². The molecule has 0 aliphatic carbocycles. The zero-order valence-corrected chi connectivity index (χ0v) is 22.1. The molecule has 1 aliphatic heterocycles. The summed E-state index contributed by atoms with van der Waals surface area (Å²) in [6.45, 7) is 11.1. The quantitative estimate of drug-likeness (QED) is 0.219. The summed E-state index contributed by atoms with van der Waals surface area (Å²) < 4.78 is 59.2. The van der Waals surface area contributed by atoms with Crippen LogP contribution >= 0.6 is 7.81 Å². The van der Waals surface area contributed by atoms with Crippen molar-refractivity contribution in [2.75, 3.05) is 33.2 Å². The number of nitrogens with one attached hydrogen (secondary N) is 1. The van der Waals surface area contributed by atoms with Gasteiger partial charge in [0.25, 0.3) is 0 Å². The maximum atomic E-state index is 11.1. The van der Waals surface area contributed by atoms with Crippen molar-refractivity contribution < 1.29 is 46.8 Å². The van der Waals surface area contributed by atoms with E-state index >= 15 is 0 Å². The summed E-state index contributed by atoms with van der Waals surface area (Å²) in [4.78, 5) is 11.0. The molecule has 0 unspecified atom stereocenters. The fraction of sp³-hybridized carbons (Fsp3) is 0.545. The van der Waals surface area contributed by atoms with E-state index in [1.807, 2.05) is 18.2 Å². The Labute approximate surface area is 212 Å². The molecule has 0 fully saturated rings. The van der Waals surface area contributed by atoms with E-state index in [0.717, 1.165) is 24.9 Å². The standard InChI is InChI=1S/C13H27N3.C9H7NO.F6P.Ni/c1-12-11-13(2,3)15-8-6-10-16(4)9-5-7-14-12;11-8-5-1-3-7-4-2-6-10-9(7)8;1-7(2,3,4,5)6;/h15H,5-11H2,1-4H3;1-6,11H;;/q;;-1;+2/p-1. The van der Waals surface area contributed by atoms with E-state index in [1.54, 1.807) is 12.3 Å². The SMILES string of the molecule is CC1=NCCCN(C)CCCNC(C)(C)C1.F[P-](F)(F)(F)(F)F.[Ni+2].[O-]c1cccc2cccnc12. The van der Waals surface area contributed by atoms with E-state index in [9.17, 15) is 30.3 Å². The number of hydrogen-bond acceptors (Lipinski definition) is 5. The Morgan fingerprint density at radius 2 is 1.57 bits per heavy atom. The van der Waals surface area contributed by atoms with Crippen LogP contribution in [-0.2, 0) is 16.5 Å². The van der Waals surface area contributed by atoms with Crippen LogP contribution in [0.2, 0.25) is 0 Å². The van der Waals surface area contributed by atoms with E-state index in [-0.39, 0.29) is 27.8 Å². The Morgan fingerprint density at radius 1 is 1.00 bits per heavy atom. The molecule has 2 aromatic rings. The minimum atomic E-state index is -10.7. The number of halogens is 6. The van der Waals surface area contributed by atoms with Gasteiger partial charge in [-0.1, -0.05) is 30.0 Å². The first kappa shape index (κ1) is 33.5. The Morgan fingerprint density at radius 3 is 2.17 bits per heavy atom. The van der Waals surface area contributed by atoms with Crippen LogP contribution in [0, 0.1) is 0 Å². The van der Waals surface area contributed by atoms with E-state index in [0.29, 0.717) is 5.52 Å². The average Bonchev–Trinajstić information content (AvgIpc) is 2.66. The second-order valence-corrected chi connectivity index (χ2v) is 10.8. The molecule has 0 saturated heterocycles. The molecule has 0 amide bonds. The summed E-state index contributed by atoms with van der Waals surface area (Å²) >= 11 is 0. The Bertz CT molecular complexity index is 941. The van der Waals surface area contributed by atoms with Crippen molar-refractivity contribution in [3.63, 3.8) is 0 Å². The monoisotopic (exact) mass is 572 g/mol. The third-order valence-corrected chi connectivity index (χ3v) is 4.69. The third-order valence-electron chi connectivity index (χ3n) is 4.69. The van der Waals surface area contributed by atoms with Crippen molar-refractivity contribution in [1.82, 2.24) is 15.2 Å². The van der Waals surface area contributed by atoms with Gasteiger partial charge in [0, 0.05) is 30.4 Å². The molecule has 35 heavy (non-hydrogen) atoms. The van der Waals surface area contributed by atoms with Crippen LogP contribution < -0.4 is 10.4 Å². The number of rotatable bonds is 0. The number of fused-ring (bicyclic) bond motifs is 1. The topological polar surface area (TPSA) is 63.6 Å². The van der Waals surface area contributed by atoms with Crippen LogP contribution in [0.25, 0.3) is 10.9 Å². The summed E-state index contributed by atoms with van der Waals surface area (Å²) in [6.07, 6.45) is 5.10. The smallest absolute Gasteiger partial charge is 0.871 e. The van der Waals surface area contributed by atoms with E-state index in [4.69, 9.17) is 0 Å². The first-order valence-corrected chi connectivity index (χ1v) is 12.9. The first-order chi connectivity index (χ1) is 15.3. The summed E-state index contributed by atoms with van der Waals surface area (Å²) in [5, 5.41) is 15.6. The zero-order valence-electron chi connectivity index (χ0n) is 20.2. The van der Waals surface area contributed by atoms with E-state index in [1.165, 1.54) is 37.7 Å². The van der Waals surface area contributed by atoms with Crippen molar-refractivity contribution in [3.8, 4) is 5.75 Å². The van der Waals surface area contributed by atoms with Crippen molar-refractivity contribution in [2.45, 2.75) is 45.6 Å². The number of aromatic nitrogens is 1. The average molecular weight is 573 g/mol. The van der Waals surface area contributed by atoms with Gasteiger partial charge in [-0.2, -0.15) is 0 Å². The molecular weight excluding hydrogens is 540 g/mol. The fourth-order valence-electron chi connectivity index (χ4n) is 3.33. The van der Waals surface area contributed by atoms with Crippen LogP contribution in [0.1, 0.15) is 40.0 Å². The van der Waals surface area contributed by atoms with Gasteiger partial charge >= 0.3 is 49.5 Å². The van der Waals surface area contributed by atoms with Gasteiger partial charge in [0.15, 0.2) is 0 Å². The minimum absolute atomic E-state index is 0. The molecule has 5 nitrogen and oxygen atoms in total. The zero-order chi connectivity index (χ0) is 26.1. The third kappa shape index (κ3) is 19.4. The number of nitrogens with zero attached hydrogens (tertiary/aromatic N) is 3. The van der Waals surface area contributed by atoms with Gasteiger partial charge in [0.05, 0.1) is 5.52 Å². The van der Waals surface area contributed by atoms with Gasteiger partial charge in [-0.15, -0.1) is 0 Å². The molecule has 0 saturated carbocycles. The summed E-state index contributed by atoms with van der Waals surface area (Å²) in [6, 6.07) is 8.84. The number of hydrogen-bond donors (Lipinski definition) is 1. The van der Waals surface area contributed by atoms with Crippen LogP contribution in [0.5, 0.6) is 5.75 Å². The molecule has 1 N–H and O–H groups in total. The van der Waals surface area contributed by atoms with Crippen molar-refractivity contribution in [2.24, 2.45) is 4.99 Å². The van der Waals surface area contributed by atoms with Crippen LogP contribution in [0.4, 0.5) is 25.2 Å². The normalized spacial score (nSPS) is 19.4. The number of pyridine rings is 1. The van der Waals surface area contributed by atoms with Gasteiger partial charge in [-0.25, -0.2) is 0 Å². The maximum Gasteiger partial charge on any atom is 2.00 e. The van der Waals surface area contributed by atoms with Crippen molar-refractivity contribution >= 4 is 24.4 Å². The molecule has 204 valence electrons. The fourth-order valence-corrected chi connectivity index (χ4v) is 3.33. The molecule has 0 spiro atoms. The van der Waals surface area contributed by atoms with Crippen LogP contribution in [0.3, 0.4) is 0 Å². The number of aliphatic imine (C=N–C) groups is 1. The van der Waals surface area contributed by atoms with Gasteiger partial charge in [-0.3, -0.25) is 9.98 Å². The summed E-state index contributed by atoms with van der Waals surface area (Å²) in [5.41, 5.74) is 2.02. The molecule has 1 aromatic carbocycles. The minimum Gasteiger partial charge on any atom is -0.871 e. The molecule has 3 rings (SSSR count). The number of para-hydroxylation sites is 1. The van der Waals surface area contributed by atoms with Crippen LogP contribution in [-0.4, -0.2) is 54.4 Å². The Kier molecular flexibility index (Phi) is 12.1. The predicted molar refractivity (Wildman–Crippen MR) is 126 cm³/mol. The van der Waals surface area contributed by atoms with Gasteiger partial charge in [0.1, 0.15) is 0 Å². The van der Waals surface area contributed by atoms with Gasteiger partial charge < -0.3 is 15.3 Å². The molecule has 0 atom stereocenters. The van der Waals surface area contributed by atoms with E-state index < -0.39 is 7.81 Å². The number of benzene rings is 1. The molecule has 1 aromatic heterocycles. The first-order valence-electron chi connectivity index (χ1n) is 10.8. The second-order valence-electron chi connectivity index (χ2n) is 8.90. The van der Waals surface area contributed by atoms with Crippen LogP contribution in [0.15, 0.2) is 41.5 Å². The Hall–Kier alpha value is -1.48. The molecular formula is C22H33F6N4NiOP. The molecule has 0 bridgehead atoms. The summed E-state index contributed by atoms with van der Waals surface area (Å²) in [7, 11) is -8.46. The molecule has 1 aliphatic rings. The Balaban J connectivity index is 0.000000529. The summed E-state index contributed by atoms with van der Waals surface area (Å²) in [5.74, 6) is -0.0110. The molecule has 2 heterocycles.